The minimum absolute atomic E-state index is 0.00620. The molecule has 1 aromatic heterocycles. The molecule has 0 spiro atoms. The largest absolute Gasteiger partial charge is 0.325 e. The van der Waals surface area contributed by atoms with E-state index in [4.69, 9.17) is 11.5 Å². The molecule has 5 nitrogen and oxygen atoms in total. The van der Waals surface area contributed by atoms with Crippen molar-refractivity contribution in [3.05, 3.63) is 24.0 Å². The Bertz CT molecular complexity index is 365. The highest BCUT2D eigenvalue weighted by atomic mass is 16.1. The van der Waals surface area contributed by atoms with E-state index in [9.17, 15) is 4.79 Å². The van der Waals surface area contributed by atoms with Crippen molar-refractivity contribution in [2.24, 2.45) is 11.5 Å². The van der Waals surface area contributed by atoms with Crippen LogP contribution in [0, 0.1) is 6.92 Å². The highest BCUT2D eigenvalue weighted by molar-refractivity contribution is 5.91. The molecule has 0 atom stereocenters. The molecule has 0 aliphatic rings. The monoisotopic (exact) mass is 236 g/mol. The maximum Gasteiger partial charge on any atom is 0.224 e. The smallest absolute Gasteiger partial charge is 0.224 e. The lowest BCUT2D eigenvalue weighted by atomic mass is 10.1. The van der Waals surface area contributed by atoms with Gasteiger partial charge in [0.15, 0.2) is 0 Å². The van der Waals surface area contributed by atoms with Gasteiger partial charge in [-0.05, 0) is 31.4 Å². The molecule has 94 valence electrons. The second-order valence-corrected chi connectivity index (χ2v) is 4.15. The summed E-state index contributed by atoms with van der Waals surface area (Å²) in [5.41, 5.74) is 12.6. The van der Waals surface area contributed by atoms with Crippen LogP contribution in [0.5, 0.6) is 0 Å². The molecule has 0 unspecified atom stereocenters. The average Bonchev–Trinajstić information content (AvgIpc) is 2.27. The minimum atomic E-state index is -0.279. The number of amides is 1. The van der Waals surface area contributed by atoms with E-state index in [-0.39, 0.29) is 12.1 Å². The van der Waals surface area contributed by atoms with E-state index >= 15 is 0 Å². The molecular formula is C12H20N4O. The van der Waals surface area contributed by atoms with Crippen molar-refractivity contribution < 1.29 is 4.79 Å². The number of unbranched alkanes of at least 4 members (excludes halogenated alkanes) is 1. The van der Waals surface area contributed by atoms with Gasteiger partial charge in [-0.15, -0.1) is 0 Å². The normalized spacial score (nSPS) is 10.6. The summed E-state index contributed by atoms with van der Waals surface area (Å²) in [6.07, 6.45) is 5.99. The van der Waals surface area contributed by atoms with Crippen molar-refractivity contribution in [2.75, 3.05) is 5.32 Å². The number of aromatic nitrogens is 1. The van der Waals surface area contributed by atoms with E-state index in [1.165, 1.54) is 0 Å². The summed E-state index contributed by atoms with van der Waals surface area (Å²) in [5.74, 6) is 0.00620. The van der Waals surface area contributed by atoms with Gasteiger partial charge in [0.05, 0.1) is 18.1 Å². The van der Waals surface area contributed by atoms with Crippen LogP contribution in [0.4, 0.5) is 5.69 Å². The van der Waals surface area contributed by atoms with Crippen LogP contribution in [0.1, 0.15) is 31.2 Å². The summed E-state index contributed by atoms with van der Waals surface area (Å²) < 4.78 is 0. The Kier molecular flexibility index (Phi) is 5.59. The van der Waals surface area contributed by atoms with Crippen molar-refractivity contribution in [3.63, 3.8) is 0 Å². The van der Waals surface area contributed by atoms with Gasteiger partial charge < -0.3 is 16.8 Å². The number of aryl methyl sites for hydroxylation is 1. The molecule has 17 heavy (non-hydrogen) atoms. The molecule has 0 radical (unpaired) electrons. The number of anilines is 1. The molecule has 1 heterocycles. The molecule has 0 aliphatic carbocycles. The van der Waals surface area contributed by atoms with Gasteiger partial charge >= 0.3 is 0 Å². The number of carbonyl (C=O) groups excluding carboxylic acids is 1. The molecule has 0 aromatic carbocycles. The Hall–Kier alpha value is -1.46. The predicted octanol–water partition coefficient (Wildman–Crippen LogP) is 1.13. The first-order chi connectivity index (χ1) is 8.09. The second-order valence-electron chi connectivity index (χ2n) is 4.15. The van der Waals surface area contributed by atoms with Crippen LogP contribution in [0.3, 0.4) is 0 Å². The topological polar surface area (TPSA) is 94.0 Å². The number of hydrogen-bond donors (Lipinski definition) is 3. The third-order valence-corrected chi connectivity index (χ3v) is 2.50. The number of rotatable bonds is 6. The van der Waals surface area contributed by atoms with Crippen LogP contribution < -0.4 is 16.8 Å². The molecule has 1 amide bonds. The van der Waals surface area contributed by atoms with Gasteiger partial charge in [-0.1, -0.05) is 6.42 Å². The number of nitrogens with one attached hydrogen (secondary N) is 1. The summed E-state index contributed by atoms with van der Waals surface area (Å²) in [6, 6.07) is 1.86. The quantitative estimate of drug-likeness (QED) is 0.510. The Labute approximate surface area is 102 Å². The van der Waals surface area contributed by atoms with Crippen LogP contribution in [0.15, 0.2) is 18.5 Å². The van der Waals surface area contributed by atoms with Crippen molar-refractivity contribution in [1.29, 1.82) is 0 Å². The number of pyridine rings is 1. The Balaban J connectivity index is 2.28. The lowest BCUT2D eigenvalue weighted by Gasteiger charge is -2.08. The fraction of sp³-hybridized carbons (Fsp3) is 0.500. The van der Waals surface area contributed by atoms with Crippen LogP contribution >= 0.6 is 0 Å². The van der Waals surface area contributed by atoms with E-state index in [1.807, 2.05) is 13.0 Å². The Morgan fingerprint density at radius 3 is 2.88 bits per heavy atom. The van der Waals surface area contributed by atoms with Gasteiger partial charge in [-0.3, -0.25) is 9.78 Å². The number of nitrogens with two attached hydrogens (primary N) is 2. The molecule has 1 aromatic rings. The average molecular weight is 236 g/mol. The molecule has 0 saturated heterocycles. The molecular weight excluding hydrogens is 216 g/mol. The third-order valence-electron chi connectivity index (χ3n) is 2.50. The summed E-state index contributed by atoms with van der Waals surface area (Å²) in [6.45, 7) is 1.94. The van der Waals surface area contributed by atoms with Gasteiger partial charge in [0.2, 0.25) is 5.91 Å². The van der Waals surface area contributed by atoms with Gasteiger partial charge in [0.1, 0.15) is 0 Å². The lowest BCUT2D eigenvalue weighted by Crippen LogP contribution is -2.30. The van der Waals surface area contributed by atoms with Crippen LogP contribution in [-0.2, 0) is 4.79 Å². The first-order valence-corrected chi connectivity index (χ1v) is 5.81. The van der Waals surface area contributed by atoms with Crippen LogP contribution in [0.2, 0.25) is 0 Å². The van der Waals surface area contributed by atoms with Gasteiger partial charge in [-0.2, -0.15) is 0 Å². The van der Waals surface area contributed by atoms with Crippen molar-refractivity contribution in [3.8, 4) is 0 Å². The zero-order valence-electron chi connectivity index (χ0n) is 10.1. The maximum atomic E-state index is 11.6. The fourth-order valence-electron chi connectivity index (χ4n) is 1.47. The number of carbonyl (C=O) groups is 1. The SMILES string of the molecule is Cc1ccncc1NC(=O)CCCCC(N)N. The van der Waals surface area contributed by atoms with E-state index in [0.29, 0.717) is 6.42 Å². The summed E-state index contributed by atoms with van der Waals surface area (Å²) in [4.78, 5) is 15.6. The molecule has 0 fully saturated rings. The lowest BCUT2D eigenvalue weighted by molar-refractivity contribution is -0.116. The minimum Gasteiger partial charge on any atom is -0.325 e. The van der Waals surface area contributed by atoms with E-state index in [2.05, 4.69) is 10.3 Å². The first kappa shape index (κ1) is 13.6. The highest BCUT2D eigenvalue weighted by Gasteiger charge is 2.04. The zero-order chi connectivity index (χ0) is 12.7. The number of hydrogen-bond acceptors (Lipinski definition) is 4. The summed E-state index contributed by atoms with van der Waals surface area (Å²) in [7, 11) is 0. The van der Waals surface area contributed by atoms with Gasteiger partial charge in [0, 0.05) is 12.6 Å². The van der Waals surface area contributed by atoms with Crippen LogP contribution in [-0.4, -0.2) is 17.1 Å². The zero-order valence-corrected chi connectivity index (χ0v) is 10.1. The van der Waals surface area contributed by atoms with Crippen molar-refractivity contribution in [2.45, 2.75) is 38.8 Å². The summed E-state index contributed by atoms with van der Waals surface area (Å²) in [5, 5.41) is 2.83. The molecule has 5 N–H and O–H groups in total. The van der Waals surface area contributed by atoms with Crippen LogP contribution in [0.25, 0.3) is 0 Å². The Morgan fingerprint density at radius 1 is 1.47 bits per heavy atom. The fourth-order valence-corrected chi connectivity index (χ4v) is 1.47. The van der Waals surface area contributed by atoms with E-state index < -0.39 is 0 Å². The second kappa shape index (κ2) is 6.98. The van der Waals surface area contributed by atoms with E-state index in [0.717, 1.165) is 30.5 Å². The van der Waals surface area contributed by atoms with Crippen molar-refractivity contribution >= 4 is 11.6 Å². The molecule has 5 heteroatoms. The molecule has 0 aliphatic heterocycles. The molecule has 1 rings (SSSR count). The maximum absolute atomic E-state index is 11.6. The van der Waals surface area contributed by atoms with E-state index in [1.54, 1.807) is 12.4 Å². The highest BCUT2D eigenvalue weighted by Crippen LogP contribution is 2.12. The van der Waals surface area contributed by atoms with Crippen molar-refractivity contribution in [1.82, 2.24) is 4.98 Å². The Morgan fingerprint density at radius 2 is 2.24 bits per heavy atom. The number of nitrogens with zero attached hydrogens (tertiary/aromatic N) is 1. The third kappa shape index (κ3) is 5.42. The standard InChI is InChI=1S/C12H20N4O/c1-9-6-7-15-8-10(9)16-12(17)5-3-2-4-11(13)14/h6-8,11H,2-5,13-14H2,1H3,(H,16,17). The van der Waals surface area contributed by atoms with Gasteiger partial charge in [-0.25, -0.2) is 0 Å². The van der Waals surface area contributed by atoms with Gasteiger partial charge in [0.25, 0.3) is 0 Å². The predicted molar refractivity (Wildman–Crippen MR) is 68.2 cm³/mol. The first-order valence-electron chi connectivity index (χ1n) is 5.81. The molecule has 0 bridgehead atoms. The molecule has 0 saturated carbocycles. The summed E-state index contributed by atoms with van der Waals surface area (Å²) >= 11 is 0.